The number of hydrogen-bond donors (Lipinski definition) is 3. The van der Waals surface area contributed by atoms with E-state index < -0.39 is 18.1 Å². The lowest BCUT2D eigenvalue weighted by molar-refractivity contribution is -0.123. The molecule has 0 bridgehead atoms. The first-order chi connectivity index (χ1) is 14.4. The van der Waals surface area contributed by atoms with Crippen LogP contribution in [-0.2, 0) is 20.8 Å². The van der Waals surface area contributed by atoms with Gasteiger partial charge in [0, 0.05) is 23.4 Å². The van der Waals surface area contributed by atoms with E-state index in [1.165, 1.54) is 0 Å². The van der Waals surface area contributed by atoms with Gasteiger partial charge in [-0.15, -0.1) is 0 Å². The van der Waals surface area contributed by atoms with Crippen LogP contribution in [0, 0.1) is 0 Å². The van der Waals surface area contributed by atoms with Gasteiger partial charge in [0.1, 0.15) is 11.8 Å². The molecule has 2 aromatic rings. The summed E-state index contributed by atoms with van der Waals surface area (Å²) in [5, 5.41) is 9.64. The van der Waals surface area contributed by atoms with Gasteiger partial charge in [-0.2, -0.15) is 0 Å². The highest BCUT2D eigenvalue weighted by Gasteiger charge is 2.27. The quantitative estimate of drug-likeness (QED) is 0.588. The molecule has 0 unspecified atom stereocenters. The van der Waals surface area contributed by atoms with Crippen molar-refractivity contribution in [3.63, 3.8) is 0 Å². The SMILES string of the molecule is NC(=O)C1=NO[C@H](CNC(=O)[C@H](Cc2ccccc2)NC(=O)c2ccc(Cl)cc2)C1. The van der Waals surface area contributed by atoms with E-state index in [1.54, 1.807) is 24.3 Å². The number of carbonyl (C=O) groups excluding carboxylic acids is 3. The number of hydrogen-bond acceptors (Lipinski definition) is 5. The topological polar surface area (TPSA) is 123 Å². The summed E-state index contributed by atoms with van der Waals surface area (Å²) in [6.45, 7) is 0.126. The van der Waals surface area contributed by atoms with E-state index in [2.05, 4.69) is 15.8 Å². The van der Waals surface area contributed by atoms with Crippen LogP contribution >= 0.6 is 11.6 Å². The minimum atomic E-state index is -0.812. The summed E-state index contributed by atoms with van der Waals surface area (Å²) >= 11 is 5.87. The number of amides is 3. The Morgan fingerprint density at radius 2 is 1.83 bits per heavy atom. The summed E-state index contributed by atoms with van der Waals surface area (Å²) in [6, 6.07) is 14.9. The molecule has 0 fully saturated rings. The molecule has 3 amide bonds. The molecular formula is C21H21ClN4O4. The van der Waals surface area contributed by atoms with Gasteiger partial charge in [-0.3, -0.25) is 14.4 Å². The smallest absolute Gasteiger partial charge is 0.266 e. The number of carbonyl (C=O) groups is 3. The lowest BCUT2D eigenvalue weighted by atomic mass is 10.0. The average molecular weight is 429 g/mol. The predicted molar refractivity (Wildman–Crippen MR) is 112 cm³/mol. The Bertz CT molecular complexity index is 947. The lowest BCUT2D eigenvalue weighted by Gasteiger charge is -2.20. The molecular weight excluding hydrogens is 408 g/mol. The second-order valence-electron chi connectivity index (χ2n) is 6.80. The number of nitrogens with zero attached hydrogens (tertiary/aromatic N) is 1. The maximum absolute atomic E-state index is 12.8. The minimum Gasteiger partial charge on any atom is -0.390 e. The molecule has 0 aliphatic carbocycles. The van der Waals surface area contributed by atoms with Crippen molar-refractivity contribution in [2.24, 2.45) is 10.9 Å². The Hall–Kier alpha value is -3.39. The highest BCUT2D eigenvalue weighted by atomic mass is 35.5. The third-order valence-electron chi connectivity index (χ3n) is 4.53. The summed E-state index contributed by atoms with van der Waals surface area (Å²) < 4.78 is 0. The number of rotatable bonds is 8. The Labute approximate surface area is 178 Å². The van der Waals surface area contributed by atoms with Gasteiger partial charge in [0.15, 0.2) is 6.10 Å². The first kappa shape index (κ1) is 21.3. The fraction of sp³-hybridized carbons (Fsp3) is 0.238. The Kier molecular flexibility index (Phi) is 7.03. The second kappa shape index (κ2) is 9.89. The van der Waals surface area contributed by atoms with E-state index >= 15 is 0 Å². The van der Waals surface area contributed by atoms with Crippen LogP contribution in [0.25, 0.3) is 0 Å². The molecule has 1 aliphatic rings. The number of oxime groups is 1. The molecule has 4 N–H and O–H groups in total. The molecule has 30 heavy (non-hydrogen) atoms. The van der Waals surface area contributed by atoms with Crippen molar-refractivity contribution >= 4 is 35.0 Å². The largest absolute Gasteiger partial charge is 0.390 e. The highest BCUT2D eigenvalue weighted by molar-refractivity contribution is 6.38. The van der Waals surface area contributed by atoms with Crippen LogP contribution in [0.4, 0.5) is 0 Å². The van der Waals surface area contributed by atoms with Gasteiger partial charge in [-0.05, 0) is 29.8 Å². The van der Waals surface area contributed by atoms with Gasteiger partial charge in [-0.1, -0.05) is 47.1 Å². The Balaban J connectivity index is 1.64. The van der Waals surface area contributed by atoms with E-state index in [0.29, 0.717) is 17.0 Å². The third kappa shape index (κ3) is 5.81. The third-order valence-corrected chi connectivity index (χ3v) is 4.78. The number of halogens is 1. The van der Waals surface area contributed by atoms with E-state index in [-0.39, 0.29) is 30.5 Å². The number of nitrogens with one attached hydrogen (secondary N) is 2. The maximum Gasteiger partial charge on any atom is 0.266 e. The molecule has 0 spiro atoms. The Morgan fingerprint density at radius 3 is 2.47 bits per heavy atom. The van der Waals surface area contributed by atoms with Crippen molar-refractivity contribution in [3.05, 3.63) is 70.7 Å². The first-order valence-electron chi connectivity index (χ1n) is 9.33. The molecule has 9 heteroatoms. The summed E-state index contributed by atoms with van der Waals surface area (Å²) in [5.74, 6) is -1.42. The maximum atomic E-state index is 12.8. The number of primary amides is 1. The fourth-order valence-corrected chi connectivity index (χ4v) is 3.05. The lowest BCUT2D eigenvalue weighted by Crippen LogP contribution is -2.49. The molecule has 156 valence electrons. The van der Waals surface area contributed by atoms with Crippen LogP contribution in [0.15, 0.2) is 59.8 Å². The summed E-state index contributed by atoms with van der Waals surface area (Å²) in [5.41, 5.74) is 6.59. The molecule has 2 atom stereocenters. The Morgan fingerprint density at radius 1 is 1.13 bits per heavy atom. The molecule has 8 nitrogen and oxygen atoms in total. The van der Waals surface area contributed by atoms with Crippen molar-refractivity contribution in [1.82, 2.24) is 10.6 Å². The second-order valence-corrected chi connectivity index (χ2v) is 7.24. The predicted octanol–water partition coefficient (Wildman–Crippen LogP) is 1.43. The summed E-state index contributed by atoms with van der Waals surface area (Å²) in [4.78, 5) is 41.7. The van der Waals surface area contributed by atoms with Crippen LogP contribution in [0.3, 0.4) is 0 Å². The first-order valence-corrected chi connectivity index (χ1v) is 9.70. The normalized spacial score (nSPS) is 16.2. The standard InChI is InChI=1S/C21H21ClN4O4/c22-15-8-6-14(7-9-15)20(28)25-18(10-13-4-2-1-3-5-13)21(29)24-12-16-11-17(19(23)27)26-30-16/h1-9,16,18H,10-12H2,(H2,23,27)(H,24,29)(H,25,28)/t16-,18-/m0/s1. The fourth-order valence-electron chi connectivity index (χ4n) is 2.92. The van der Waals surface area contributed by atoms with Gasteiger partial charge < -0.3 is 21.2 Å². The van der Waals surface area contributed by atoms with Crippen molar-refractivity contribution < 1.29 is 19.2 Å². The average Bonchev–Trinajstić information content (AvgIpc) is 3.22. The van der Waals surface area contributed by atoms with Gasteiger partial charge in [-0.25, -0.2) is 0 Å². The van der Waals surface area contributed by atoms with Gasteiger partial charge in [0.2, 0.25) is 5.91 Å². The molecule has 3 rings (SSSR count). The van der Waals surface area contributed by atoms with Crippen LogP contribution in [0.1, 0.15) is 22.3 Å². The van der Waals surface area contributed by atoms with Crippen molar-refractivity contribution in [2.45, 2.75) is 25.0 Å². The minimum absolute atomic E-state index is 0.126. The van der Waals surface area contributed by atoms with Crippen LogP contribution in [0.5, 0.6) is 0 Å². The van der Waals surface area contributed by atoms with Crippen LogP contribution in [0.2, 0.25) is 5.02 Å². The molecule has 0 aromatic heterocycles. The molecule has 1 heterocycles. The van der Waals surface area contributed by atoms with Gasteiger partial charge >= 0.3 is 0 Å². The number of nitrogens with two attached hydrogens (primary N) is 1. The van der Waals surface area contributed by atoms with E-state index in [4.69, 9.17) is 22.2 Å². The monoisotopic (exact) mass is 428 g/mol. The summed E-state index contributed by atoms with van der Waals surface area (Å²) in [6.07, 6.45) is 0.0391. The van der Waals surface area contributed by atoms with Crippen molar-refractivity contribution in [1.29, 1.82) is 0 Å². The van der Waals surface area contributed by atoms with E-state index in [0.717, 1.165) is 5.56 Å². The van der Waals surface area contributed by atoms with Crippen LogP contribution < -0.4 is 16.4 Å². The van der Waals surface area contributed by atoms with Crippen LogP contribution in [-0.4, -0.2) is 42.1 Å². The summed E-state index contributed by atoms with van der Waals surface area (Å²) in [7, 11) is 0. The molecule has 0 saturated carbocycles. The zero-order valence-corrected chi connectivity index (χ0v) is 16.8. The van der Waals surface area contributed by atoms with Crippen molar-refractivity contribution in [3.8, 4) is 0 Å². The zero-order chi connectivity index (χ0) is 21.5. The van der Waals surface area contributed by atoms with E-state index in [9.17, 15) is 14.4 Å². The van der Waals surface area contributed by atoms with Gasteiger partial charge in [0.25, 0.3) is 11.8 Å². The van der Waals surface area contributed by atoms with E-state index in [1.807, 2.05) is 30.3 Å². The highest BCUT2D eigenvalue weighted by Crippen LogP contribution is 2.12. The van der Waals surface area contributed by atoms with Gasteiger partial charge in [0.05, 0.1) is 6.54 Å². The molecule has 0 radical (unpaired) electrons. The molecule has 2 aromatic carbocycles. The number of benzene rings is 2. The van der Waals surface area contributed by atoms with Crippen molar-refractivity contribution in [2.75, 3.05) is 6.54 Å². The zero-order valence-electron chi connectivity index (χ0n) is 16.0. The molecule has 0 saturated heterocycles. The molecule has 1 aliphatic heterocycles.